The molecule has 1 aliphatic carbocycles. The molecule has 0 amide bonds. The minimum Gasteiger partial charge on any atom is -0.455 e. The number of rotatable bonds is 3. The van der Waals surface area contributed by atoms with Crippen molar-refractivity contribution in [3.63, 3.8) is 0 Å². The highest BCUT2D eigenvalue weighted by Gasteiger charge is 2.63. The Balaban J connectivity index is 3.15. The largest absolute Gasteiger partial charge is 0.455 e. The lowest BCUT2D eigenvalue weighted by Gasteiger charge is -2.54. The van der Waals surface area contributed by atoms with Crippen LogP contribution in [0.15, 0.2) is 0 Å². The van der Waals surface area contributed by atoms with Crippen LogP contribution in [0.4, 0.5) is 0 Å². The van der Waals surface area contributed by atoms with Crippen LogP contribution in [0.1, 0.15) is 47.5 Å². The van der Waals surface area contributed by atoms with Crippen molar-refractivity contribution in [3.8, 4) is 0 Å². The fourth-order valence-electron chi connectivity index (χ4n) is 3.87. The zero-order valence-electron chi connectivity index (χ0n) is 14.3. The predicted molar refractivity (Wildman–Crippen MR) is 87.1 cm³/mol. The first-order valence-electron chi connectivity index (χ1n) is 7.37. The molecule has 1 rings (SSSR count). The molecule has 1 unspecified atom stereocenters. The molecule has 18 heavy (non-hydrogen) atoms. The van der Waals surface area contributed by atoms with Gasteiger partial charge < -0.3 is 4.12 Å². The van der Waals surface area contributed by atoms with Gasteiger partial charge in [0, 0.05) is 0 Å². The third kappa shape index (κ3) is 2.38. The standard InChI is InChI=1S/C15H34OSi2/c1-13(2)11-12-15(5,14(13,3)4)18(9,10)16-17(6,7)8/h11-12H2,1-10H3. The van der Waals surface area contributed by atoms with Crippen LogP contribution in [0.5, 0.6) is 0 Å². The Morgan fingerprint density at radius 3 is 1.50 bits per heavy atom. The minimum absolute atomic E-state index is 0.357. The molecule has 0 heterocycles. The van der Waals surface area contributed by atoms with Gasteiger partial charge in [0.1, 0.15) is 0 Å². The fourth-order valence-corrected chi connectivity index (χ4v) is 13.5. The van der Waals surface area contributed by atoms with Crippen LogP contribution >= 0.6 is 0 Å². The van der Waals surface area contributed by atoms with Crippen molar-refractivity contribution in [2.45, 2.75) is 85.2 Å². The fraction of sp³-hybridized carbons (Fsp3) is 1.00. The van der Waals surface area contributed by atoms with Crippen molar-refractivity contribution in [2.24, 2.45) is 10.8 Å². The molecule has 108 valence electrons. The molecule has 0 aromatic rings. The third-order valence-corrected chi connectivity index (χ3v) is 14.2. The van der Waals surface area contributed by atoms with E-state index >= 15 is 0 Å². The Morgan fingerprint density at radius 1 is 0.778 bits per heavy atom. The van der Waals surface area contributed by atoms with Gasteiger partial charge in [-0.25, -0.2) is 0 Å². The summed E-state index contributed by atoms with van der Waals surface area (Å²) in [7, 11) is -3.15. The zero-order chi connectivity index (χ0) is 14.6. The van der Waals surface area contributed by atoms with Gasteiger partial charge in [-0.05, 0) is 61.4 Å². The van der Waals surface area contributed by atoms with Gasteiger partial charge in [-0.1, -0.05) is 34.6 Å². The molecule has 0 spiro atoms. The molecule has 0 saturated heterocycles. The van der Waals surface area contributed by atoms with Gasteiger partial charge in [-0.15, -0.1) is 0 Å². The van der Waals surface area contributed by atoms with Crippen LogP contribution < -0.4 is 0 Å². The van der Waals surface area contributed by atoms with Gasteiger partial charge >= 0.3 is 0 Å². The van der Waals surface area contributed by atoms with E-state index in [-0.39, 0.29) is 0 Å². The lowest BCUT2D eigenvalue weighted by molar-refractivity contribution is 0.113. The first kappa shape index (κ1) is 16.4. The lowest BCUT2D eigenvalue weighted by atomic mass is 9.67. The maximum absolute atomic E-state index is 6.72. The van der Waals surface area contributed by atoms with Crippen LogP contribution in [0.25, 0.3) is 0 Å². The number of hydrogen-bond acceptors (Lipinski definition) is 1. The van der Waals surface area contributed by atoms with E-state index in [2.05, 4.69) is 67.4 Å². The molecule has 1 aliphatic rings. The smallest absolute Gasteiger partial charge is 0.179 e. The Morgan fingerprint density at radius 2 is 1.22 bits per heavy atom. The van der Waals surface area contributed by atoms with Gasteiger partial charge in [0.05, 0.1) is 0 Å². The normalized spacial score (nSPS) is 31.7. The van der Waals surface area contributed by atoms with Crippen LogP contribution in [0.3, 0.4) is 0 Å². The highest BCUT2D eigenvalue weighted by atomic mass is 28.4. The van der Waals surface area contributed by atoms with E-state index in [1.165, 1.54) is 12.8 Å². The summed E-state index contributed by atoms with van der Waals surface area (Å²) in [6.07, 6.45) is 2.67. The topological polar surface area (TPSA) is 9.23 Å². The molecule has 1 fully saturated rings. The van der Waals surface area contributed by atoms with E-state index in [9.17, 15) is 0 Å². The summed E-state index contributed by atoms with van der Waals surface area (Å²) in [6.45, 7) is 24.2. The molecule has 0 radical (unpaired) electrons. The lowest BCUT2D eigenvalue weighted by Crippen LogP contribution is -2.55. The predicted octanol–water partition coefficient (Wildman–Crippen LogP) is 5.65. The van der Waals surface area contributed by atoms with E-state index in [0.29, 0.717) is 15.9 Å². The Hall–Kier alpha value is 0.394. The second-order valence-electron chi connectivity index (χ2n) is 9.07. The van der Waals surface area contributed by atoms with Crippen molar-refractivity contribution >= 4 is 16.6 Å². The van der Waals surface area contributed by atoms with Crippen LogP contribution in [-0.4, -0.2) is 16.6 Å². The quantitative estimate of drug-likeness (QED) is 0.609. The van der Waals surface area contributed by atoms with Crippen LogP contribution in [0.2, 0.25) is 37.8 Å². The van der Waals surface area contributed by atoms with E-state index in [4.69, 9.17) is 4.12 Å². The minimum atomic E-state index is -1.69. The molecule has 0 aromatic carbocycles. The first-order chi connectivity index (χ1) is 7.66. The second-order valence-corrected chi connectivity index (χ2v) is 18.2. The molecule has 0 aliphatic heterocycles. The van der Waals surface area contributed by atoms with E-state index < -0.39 is 16.6 Å². The van der Waals surface area contributed by atoms with Crippen molar-refractivity contribution in [1.29, 1.82) is 0 Å². The zero-order valence-corrected chi connectivity index (χ0v) is 16.3. The van der Waals surface area contributed by atoms with Gasteiger partial charge in [0.2, 0.25) is 0 Å². The molecular weight excluding hydrogens is 252 g/mol. The molecule has 0 aromatic heterocycles. The van der Waals surface area contributed by atoms with Crippen molar-refractivity contribution < 1.29 is 4.12 Å². The first-order valence-corrected chi connectivity index (χ1v) is 13.7. The monoisotopic (exact) mass is 286 g/mol. The molecule has 1 atom stereocenters. The summed E-state index contributed by atoms with van der Waals surface area (Å²) < 4.78 is 6.72. The third-order valence-electron chi connectivity index (χ3n) is 6.21. The summed E-state index contributed by atoms with van der Waals surface area (Å²) in [5, 5.41) is 0.379. The summed E-state index contributed by atoms with van der Waals surface area (Å²) in [5.41, 5.74) is 0.782. The van der Waals surface area contributed by atoms with Crippen molar-refractivity contribution in [2.75, 3.05) is 0 Å². The van der Waals surface area contributed by atoms with Crippen molar-refractivity contribution in [1.82, 2.24) is 0 Å². The molecule has 0 bridgehead atoms. The molecular formula is C15H34OSi2. The van der Waals surface area contributed by atoms with E-state index in [1.807, 2.05) is 0 Å². The average molecular weight is 287 g/mol. The molecule has 0 N–H and O–H groups in total. The van der Waals surface area contributed by atoms with Crippen molar-refractivity contribution in [3.05, 3.63) is 0 Å². The number of hydrogen-bond donors (Lipinski definition) is 0. The van der Waals surface area contributed by atoms with Gasteiger partial charge in [0.25, 0.3) is 0 Å². The van der Waals surface area contributed by atoms with Gasteiger partial charge in [-0.2, -0.15) is 0 Å². The Bertz CT molecular complexity index is 326. The SMILES string of the molecule is CC1(C)CCC(C)([Si](C)(C)O[Si](C)(C)C)C1(C)C. The summed E-state index contributed by atoms with van der Waals surface area (Å²) in [4.78, 5) is 0. The molecule has 1 saturated carbocycles. The molecule has 1 nitrogen and oxygen atoms in total. The highest BCUT2D eigenvalue weighted by molar-refractivity contribution is 6.86. The maximum atomic E-state index is 6.72. The second kappa shape index (κ2) is 4.19. The highest BCUT2D eigenvalue weighted by Crippen LogP contribution is 2.70. The summed E-state index contributed by atoms with van der Waals surface area (Å²) in [6, 6.07) is 0. The van der Waals surface area contributed by atoms with Gasteiger partial charge in [-0.3, -0.25) is 0 Å². The molecule has 3 heteroatoms. The van der Waals surface area contributed by atoms with Crippen LogP contribution in [-0.2, 0) is 4.12 Å². The maximum Gasteiger partial charge on any atom is 0.179 e. The summed E-state index contributed by atoms with van der Waals surface area (Å²) in [5.74, 6) is 0. The van der Waals surface area contributed by atoms with Crippen LogP contribution in [0, 0.1) is 10.8 Å². The van der Waals surface area contributed by atoms with E-state index in [0.717, 1.165) is 0 Å². The summed E-state index contributed by atoms with van der Waals surface area (Å²) >= 11 is 0. The Labute approximate surface area is 117 Å². The Kier molecular flexibility index (Phi) is 3.83. The average Bonchev–Trinajstić information content (AvgIpc) is 2.23. The van der Waals surface area contributed by atoms with Gasteiger partial charge in [0.15, 0.2) is 16.6 Å². The van der Waals surface area contributed by atoms with E-state index in [1.54, 1.807) is 0 Å².